The Bertz CT molecular complexity index is 493. The molecule has 1 heterocycles. The Morgan fingerprint density at radius 2 is 2.32 bits per heavy atom. The number of nitrogens with zero attached hydrogens (tertiary/aromatic N) is 1. The standard InChI is InChI=1S/C15H25N3O2S2/c1-3-13(14-16-8-9-21-14)18-15(19)17-11-6-5-7-12(10-11)22(20)4-2/h8-9,11-13H,3-7,10H2,1-2H3,(H2,17,18,19)/t11-,12+,13+,22+/m1/s1. The molecule has 0 aromatic carbocycles. The molecule has 2 amide bonds. The van der Waals surface area contributed by atoms with Crippen LogP contribution in [-0.4, -0.2) is 32.3 Å². The molecular formula is C15H25N3O2S2. The molecule has 0 unspecified atom stereocenters. The lowest BCUT2D eigenvalue weighted by Gasteiger charge is -2.29. The zero-order chi connectivity index (χ0) is 15.9. The first-order valence-corrected chi connectivity index (χ1v) is 10.2. The number of nitrogens with one attached hydrogen (secondary N) is 2. The molecule has 0 saturated heterocycles. The molecule has 5 nitrogen and oxygen atoms in total. The summed E-state index contributed by atoms with van der Waals surface area (Å²) in [7, 11) is -0.766. The van der Waals surface area contributed by atoms with Crippen LogP contribution in [0.15, 0.2) is 11.6 Å². The summed E-state index contributed by atoms with van der Waals surface area (Å²) in [5.41, 5.74) is 0. The fourth-order valence-electron chi connectivity index (χ4n) is 2.88. The summed E-state index contributed by atoms with van der Waals surface area (Å²) in [6.45, 7) is 3.99. The first-order valence-electron chi connectivity index (χ1n) is 7.97. The maximum Gasteiger partial charge on any atom is 0.315 e. The van der Waals surface area contributed by atoms with Gasteiger partial charge in [-0.25, -0.2) is 9.78 Å². The minimum absolute atomic E-state index is 0.0378. The molecule has 0 radical (unpaired) electrons. The Kier molecular flexibility index (Phi) is 6.82. The third kappa shape index (κ3) is 4.78. The zero-order valence-electron chi connectivity index (χ0n) is 13.2. The van der Waals surface area contributed by atoms with Crippen molar-refractivity contribution in [3.63, 3.8) is 0 Å². The number of hydrogen-bond acceptors (Lipinski definition) is 4. The number of aromatic nitrogens is 1. The van der Waals surface area contributed by atoms with E-state index >= 15 is 0 Å². The van der Waals surface area contributed by atoms with Crippen LogP contribution in [0.25, 0.3) is 0 Å². The lowest BCUT2D eigenvalue weighted by molar-refractivity contribution is 0.228. The van der Waals surface area contributed by atoms with Crippen molar-refractivity contribution in [3.8, 4) is 0 Å². The van der Waals surface area contributed by atoms with E-state index in [2.05, 4.69) is 15.6 Å². The van der Waals surface area contributed by atoms with Crippen LogP contribution in [0.3, 0.4) is 0 Å². The van der Waals surface area contributed by atoms with Crippen molar-refractivity contribution in [1.29, 1.82) is 0 Å². The summed E-state index contributed by atoms with van der Waals surface area (Å²) in [6.07, 6.45) is 6.41. The molecule has 1 aliphatic rings. The Hall–Kier alpha value is -0.950. The number of rotatable bonds is 6. The summed E-state index contributed by atoms with van der Waals surface area (Å²) >= 11 is 1.56. The van der Waals surface area contributed by atoms with E-state index in [4.69, 9.17) is 0 Å². The molecule has 124 valence electrons. The van der Waals surface area contributed by atoms with Gasteiger partial charge in [0.05, 0.1) is 6.04 Å². The predicted octanol–water partition coefficient (Wildman–Crippen LogP) is 2.97. The summed E-state index contributed by atoms with van der Waals surface area (Å²) in [5, 5.41) is 9.13. The topological polar surface area (TPSA) is 71.1 Å². The fraction of sp³-hybridized carbons (Fsp3) is 0.733. The van der Waals surface area contributed by atoms with Crippen LogP contribution in [-0.2, 0) is 10.8 Å². The summed E-state index contributed by atoms with van der Waals surface area (Å²) in [6, 6.07) is -0.0535. The number of carbonyl (C=O) groups is 1. The largest absolute Gasteiger partial charge is 0.335 e. The van der Waals surface area contributed by atoms with E-state index in [0.717, 1.165) is 37.1 Å². The van der Waals surface area contributed by atoms with Gasteiger partial charge in [-0.05, 0) is 25.7 Å². The third-order valence-electron chi connectivity index (χ3n) is 4.08. The van der Waals surface area contributed by atoms with Crippen LogP contribution >= 0.6 is 11.3 Å². The second-order valence-electron chi connectivity index (χ2n) is 5.60. The van der Waals surface area contributed by atoms with E-state index in [1.54, 1.807) is 17.5 Å². The first kappa shape index (κ1) is 17.4. The molecule has 0 spiro atoms. The number of urea groups is 1. The molecular weight excluding hydrogens is 318 g/mol. The molecule has 4 atom stereocenters. The van der Waals surface area contributed by atoms with Crippen molar-refractivity contribution in [2.24, 2.45) is 0 Å². The van der Waals surface area contributed by atoms with Crippen molar-refractivity contribution < 1.29 is 9.00 Å². The van der Waals surface area contributed by atoms with Gasteiger partial charge in [-0.1, -0.05) is 20.3 Å². The monoisotopic (exact) mass is 343 g/mol. The normalized spacial score (nSPS) is 24.5. The van der Waals surface area contributed by atoms with Gasteiger partial charge in [0.15, 0.2) is 0 Å². The summed E-state index contributed by atoms with van der Waals surface area (Å²) < 4.78 is 12.0. The van der Waals surface area contributed by atoms with Gasteiger partial charge in [0.1, 0.15) is 5.01 Å². The van der Waals surface area contributed by atoms with Crippen LogP contribution in [0, 0.1) is 0 Å². The van der Waals surface area contributed by atoms with Gasteiger partial charge in [-0.3, -0.25) is 4.21 Å². The summed E-state index contributed by atoms with van der Waals surface area (Å²) in [5.74, 6) is 0.700. The van der Waals surface area contributed by atoms with E-state index in [-0.39, 0.29) is 23.4 Å². The Labute approximate surface area is 138 Å². The van der Waals surface area contributed by atoms with Crippen molar-refractivity contribution >= 4 is 28.2 Å². The highest BCUT2D eigenvalue weighted by atomic mass is 32.2. The Balaban J connectivity index is 1.84. The minimum atomic E-state index is -0.766. The van der Waals surface area contributed by atoms with Gasteiger partial charge < -0.3 is 10.6 Å². The van der Waals surface area contributed by atoms with Gasteiger partial charge in [-0.15, -0.1) is 11.3 Å². The van der Waals surface area contributed by atoms with E-state index in [1.807, 2.05) is 19.2 Å². The molecule has 1 saturated carbocycles. The second-order valence-corrected chi connectivity index (χ2v) is 8.54. The van der Waals surface area contributed by atoms with E-state index < -0.39 is 10.8 Å². The van der Waals surface area contributed by atoms with Gasteiger partial charge in [0.2, 0.25) is 0 Å². The lowest BCUT2D eigenvalue weighted by atomic mass is 9.95. The quantitative estimate of drug-likeness (QED) is 0.834. The average molecular weight is 344 g/mol. The van der Waals surface area contributed by atoms with E-state index in [1.165, 1.54) is 0 Å². The van der Waals surface area contributed by atoms with E-state index in [9.17, 15) is 9.00 Å². The zero-order valence-corrected chi connectivity index (χ0v) is 14.8. The van der Waals surface area contributed by atoms with Crippen LogP contribution in [0.4, 0.5) is 4.79 Å². The molecule has 1 aromatic heterocycles. The number of thiazole rings is 1. The lowest BCUT2D eigenvalue weighted by Crippen LogP contribution is -2.46. The molecule has 0 aliphatic heterocycles. The SMILES string of the molecule is CC[C@H](NC(=O)N[C@@H]1CCC[C@H]([S@@](=O)CC)C1)c1nccs1. The van der Waals surface area contributed by atoms with Crippen LogP contribution < -0.4 is 10.6 Å². The third-order valence-corrected chi connectivity index (χ3v) is 6.71. The Morgan fingerprint density at radius 3 is 2.95 bits per heavy atom. The van der Waals surface area contributed by atoms with Crippen molar-refractivity contribution in [2.75, 3.05) is 5.75 Å². The first-order chi connectivity index (χ1) is 10.6. The molecule has 1 fully saturated rings. The summed E-state index contributed by atoms with van der Waals surface area (Å²) in [4.78, 5) is 16.5. The molecule has 0 bridgehead atoms. The van der Waals surface area contributed by atoms with Gasteiger partial charge >= 0.3 is 6.03 Å². The average Bonchev–Trinajstić information content (AvgIpc) is 3.06. The minimum Gasteiger partial charge on any atom is -0.335 e. The maximum atomic E-state index is 12.2. The van der Waals surface area contributed by atoms with E-state index in [0.29, 0.717) is 5.75 Å². The molecule has 1 aromatic rings. The van der Waals surface area contributed by atoms with Crippen LogP contribution in [0.5, 0.6) is 0 Å². The molecule has 2 N–H and O–H groups in total. The van der Waals surface area contributed by atoms with Crippen molar-refractivity contribution in [2.45, 2.75) is 63.3 Å². The number of carbonyl (C=O) groups excluding carboxylic acids is 1. The van der Waals surface area contributed by atoms with Gasteiger partial charge in [0.25, 0.3) is 0 Å². The molecule has 22 heavy (non-hydrogen) atoms. The second kappa shape index (κ2) is 8.62. The highest BCUT2D eigenvalue weighted by Crippen LogP contribution is 2.23. The molecule has 7 heteroatoms. The maximum absolute atomic E-state index is 12.2. The van der Waals surface area contributed by atoms with Gasteiger partial charge in [-0.2, -0.15) is 0 Å². The smallest absolute Gasteiger partial charge is 0.315 e. The number of amides is 2. The van der Waals surface area contributed by atoms with Crippen molar-refractivity contribution in [3.05, 3.63) is 16.6 Å². The highest BCUT2D eigenvalue weighted by Gasteiger charge is 2.27. The van der Waals surface area contributed by atoms with Crippen LogP contribution in [0.1, 0.15) is 57.0 Å². The molecule has 2 rings (SSSR count). The van der Waals surface area contributed by atoms with Crippen molar-refractivity contribution in [1.82, 2.24) is 15.6 Å². The molecule has 1 aliphatic carbocycles. The van der Waals surface area contributed by atoms with Crippen LogP contribution in [0.2, 0.25) is 0 Å². The Morgan fingerprint density at radius 1 is 1.50 bits per heavy atom. The highest BCUT2D eigenvalue weighted by molar-refractivity contribution is 7.85. The van der Waals surface area contributed by atoms with Gasteiger partial charge in [0, 0.05) is 39.4 Å². The fourth-order valence-corrected chi connectivity index (χ4v) is 5.00. The predicted molar refractivity (Wildman–Crippen MR) is 91.5 cm³/mol. The number of hydrogen-bond donors (Lipinski definition) is 2.